The van der Waals surface area contributed by atoms with Gasteiger partial charge in [-0.25, -0.2) is 4.68 Å². The van der Waals surface area contributed by atoms with Crippen LogP contribution in [0.25, 0.3) is 5.69 Å². The van der Waals surface area contributed by atoms with Gasteiger partial charge in [-0.05, 0) is 60.5 Å². The van der Waals surface area contributed by atoms with Gasteiger partial charge >= 0.3 is 0 Å². The highest BCUT2D eigenvalue weighted by Crippen LogP contribution is 2.34. The maximum absolute atomic E-state index is 12.6. The van der Waals surface area contributed by atoms with E-state index in [-0.39, 0.29) is 11.3 Å². The maximum Gasteiger partial charge on any atom is 0.252 e. The Balaban J connectivity index is 1.69. The van der Waals surface area contributed by atoms with Crippen molar-refractivity contribution in [3.63, 3.8) is 0 Å². The number of hydrogen-bond acceptors (Lipinski definition) is 5. The molecule has 1 amide bonds. The SMILES string of the molecule is CN1CCCC(C)(C)C1CNC(=O)c1ccc(-n2cnnn2)cc1Cl. The molecule has 1 saturated heterocycles. The summed E-state index contributed by atoms with van der Waals surface area (Å²) >= 11 is 6.29. The second-order valence-corrected chi connectivity index (χ2v) is 7.62. The van der Waals surface area contributed by atoms with Gasteiger partial charge in [0.15, 0.2) is 0 Å². The Morgan fingerprint density at radius 1 is 1.44 bits per heavy atom. The van der Waals surface area contributed by atoms with Crippen molar-refractivity contribution in [3.05, 3.63) is 35.1 Å². The molecule has 0 aliphatic carbocycles. The quantitative estimate of drug-likeness (QED) is 0.902. The Labute approximate surface area is 152 Å². The van der Waals surface area contributed by atoms with E-state index in [1.807, 2.05) is 0 Å². The van der Waals surface area contributed by atoms with Crippen LogP contribution in [-0.4, -0.2) is 57.2 Å². The van der Waals surface area contributed by atoms with Crippen LogP contribution in [-0.2, 0) is 0 Å². The van der Waals surface area contributed by atoms with E-state index in [2.05, 4.69) is 46.6 Å². The summed E-state index contributed by atoms with van der Waals surface area (Å²) in [6.45, 7) is 6.18. The summed E-state index contributed by atoms with van der Waals surface area (Å²) in [6.07, 6.45) is 3.84. The van der Waals surface area contributed by atoms with Crippen LogP contribution >= 0.6 is 11.6 Å². The second kappa shape index (κ2) is 7.09. The van der Waals surface area contributed by atoms with E-state index in [0.717, 1.165) is 6.54 Å². The molecule has 134 valence electrons. The molecule has 0 saturated carbocycles. The molecule has 1 N–H and O–H groups in total. The summed E-state index contributed by atoms with van der Waals surface area (Å²) in [4.78, 5) is 14.9. The number of aromatic nitrogens is 4. The molecular formula is C17H23ClN6O. The minimum absolute atomic E-state index is 0.164. The molecule has 1 unspecified atom stereocenters. The standard InChI is InChI=1S/C17H23ClN6O/c1-17(2)7-4-8-23(3)15(17)10-19-16(25)13-6-5-12(9-14(13)18)24-11-20-21-22-24/h5-6,9,11,15H,4,7-8,10H2,1-3H3,(H,19,25). The van der Waals surface area contributed by atoms with Crippen molar-refractivity contribution >= 4 is 17.5 Å². The zero-order valence-corrected chi connectivity index (χ0v) is 15.5. The third-order valence-corrected chi connectivity index (χ3v) is 5.35. The van der Waals surface area contributed by atoms with Gasteiger partial charge in [0.1, 0.15) is 6.33 Å². The van der Waals surface area contributed by atoms with E-state index in [0.29, 0.717) is 28.9 Å². The smallest absolute Gasteiger partial charge is 0.252 e. The lowest BCUT2D eigenvalue weighted by Crippen LogP contribution is -2.53. The Morgan fingerprint density at radius 3 is 2.88 bits per heavy atom. The molecule has 1 fully saturated rings. The fourth-order valence-electron chi connectivity index (χ4n) is 3.53. The lowest BCUT2D eigenvalue weighted by molar-refractivity contribution is 0.0556. The predicted molar refractivity (Wildman–Crippen MR) is 95.9 cm³/mol. The van der Waals surface area contributed by atoms with Crippen molar-refractivity contribution in [3.8, 4) is 5.69 Å². The second-order valence-electron chi connectivity index (χ2n) is 7.22. The molecule has 0 bridgehead atoms. The highest BCUT2D eigenvalue weighted by atomic mass is 35.5. The number of nitrogens with zero attached hydrogens (tertiary/aromatic N) is 5. The van der Waals surface area contributed by atoms with E-state index in [1.165, 1.54) is 23.9 Å². The minimum Gasteiger partial charge on any atom is -0.350 e. The van der Waals surface area contributed by atoms with Gasteiger partial charge in [0.05, 0.1) is 16.3 Å². The van der Waals surface area contributed by atoms with Crippen molar-refractivity contribution < 1.29 is 4.79 Å². The molecule has 8 heteroatoms. The highest BCUT2D eigenvalue weighted by Gasteiger charge is 2.35. The van der Waals surface area contributed by atoms with Crippen LogP contribution < -0.4 is 5.32 Å². The minimum atomic E-state index is -0.164. The molecule has 3 rings (SSSR count). The fraction of sp³-hybridized carbons (Fsp3) is 0.529. The van der Waals surface area contributed by atoms with Crippen LogP contribution in [0, 0.1) is 5.41 Å². The van der Waals surface area contributed by atoms with Crippen molar-refractivity contribution in [2.75, 3.05) is 20.1 Å². The summed E-state index contributed by atoms with van der Waals surface area (Å²) in [5, 5.41) is 14.4. The number of likely N-dealkylation sites (N-methyl/N-ethyl adjacent to an activating group) is 1. The van der Waals surface area contributed by atoms with Gasteiger partial charge in [-0.2, -0.15) is 0 Å². The summed E-state index contributed by atoms with van der Waals surface area (Å²) in [5.74, 6) is -0.164. The normalized spacial score (nSPS) is 20.4. The molecule has 7 nitrogen and oxygen atoms in total. The molecule has 0 spiro atoms. The van der Waals surface area contributed by atoms with Crippen LogP contribution in [0.5, 0.6) is 0 Å². The molecule has 25 heavy (non-hydrogen) atoms. The summed E-state index contributed by atoms with van der Waals surface area (Å²) in [7, 11) is 2.12. The Kier molecular flexibility index (Phi) is 5.06. The van der Waals surface area contributed by atoms with E-state index >= 15 is 0 Å². The average Bonchev–Trinajstić information content (AvgIpc) is 3.08. The number of benzene rings is 1. The number of carbonyl (C=O) groups is 1. The number of tetrazole rings is 1. The topological polar surface area (TPSA) is 75.9 Å². The molecule has 1 aliphatic rings. The summed E-state index contributed by atoms with van der Waals surface area (Å²) in [5.41, 5.74) is 1.34. The first-order valence-corrected chi connectivity index (χ1v) is 8.77. The summed E-state index contributed by atoms with van der Waals surface area (Å²) in [6, 6.07) is 5.46. The number of halogens is 1. The van der Waals surface area contributed by atoms with Crippen LogP contribution in [0.4, 0.5) is 0 Å². The van der Waals surface area contributed by atoms with Crippen molar-refractivity contribution in [2.45, 2.75) is 32.7 Å². The lowest BCUT2D eigenvalue weighted by Gasteiger charge is -2.45. The maximum atomic E-state index is 12.6. The number of piperidine rings is 1. The van der Waals surface area contributed by atoms with Gasteiger partial charge in [0.25, 0.3) is 5.91 Å². The van der Waals surface area contributed by atoms with Gasteiger partial charge in [-0.3, -0.25) is 4.79 Å². The zero-order chi connectivity index (χ0) is 18.0. The van der Waals surface area contributed by atoms with E-state index < -0.39 is 0 Å². The predicted octanol–water partition coefficient (Wildman–Crippen LogP) is 2.17. The van der Waals surface area contributed by atoms with Gasteiger partial charge in [0.2, 0.25) is 0 Å². The Bertz CT molecular complexity index is 746. The number of likely N-dealkylation sites (tertiary alicyclic amines) is 1. The molecule has 1 aromatic heterocycles. The van der Waals surface area contributed by atoms with Gasteiger partial charge in [-0.15, -0.1) is 5.10 Å². The van der Waals surface area contributed by atoms with Crippen LogP contribution in [0.2, 0.25) is 5.02 Å². The monoisotopic (exact) mass is 362 g/mol. The highest BCUT2D eigenvalue weighted by molar-refractivity contribution is 6.34. The van der Waals surface area contributed by atoms with E-state index in [1.54, 1.807) is 18.2 Å². The number of nitrogens with one attached hydrogen (secondary N) is 1. The Morgan fingerprint density at radius 2 is 2.24 bits per heavy atom. The molecule has 1 aliphatic heterocycles. The number of amides is 1. The Hall–Kier alpha value is -1.99. The van der Waals surface area contributed by atoms with Gasteiger partial charge in [-0.1, -0.05) is 25.4 Å². The molecule has 2 heterocycles. The molecule has 0 radical (unpaired) electrons. The molecule has 1 aromatic carbocycles. The average molecular weight is 363 g/mol. The third kappa shape index (κ3) is 3.82. The first-order chi connectivity index (χ1) is 11.9. The van der Waals surface area contributed by atoms with Crippen molar-refractivity contribution in [2.24, 2.45) is 5.41 Å². The van der Waals surface area contributed by atoms with Crippen LogP contribution in [0.1, 0.15) is 37.0 Å². The first kappa shape index (κ1) is 17.8. The molecule has 1 atom stereocenters. The van der Waals surface area contributed by atoms with E-state index in [9.17, 15) is 4.79 Å². The van der Waals surface area contributed by atoms with Gasteiger partial charge in [0, 0.05) is 12.6 Å². The number of carbonyl (C=O) groups excluding carboxylic acids is 1. The fourth-order valence-corrected chi connectivity index (χ4v) is 3.79. The number of rotatable bonds is 4. The first-order valence-electron chi connectivity index (χ1n) is 8.40. The van der Waals surface area contributed by atoms with Crippen LogP contribution in [0.15, 0.2) is 24.5 Å². The van der Waals surface area contributed by atoms with Gasteiger partial charge < -0.3 is 10.2 Å². The van der Waals surface area contributed by atoms with Crippen LogP contribution in [0.3, 0.4) is 0 Å². The molecular weight excluding hydrogens is 340 g/mol. The zero-order valence-electron chi connectivity index (χ0n) is 14.7. The lowest BCUT2D eigenvalue weighted by atomic mass is 9.76. The largest absolute Gasteiger partial charge is 0.350 e. The number of hydrogen-bond donors (Lipinski definition) is 1. The van der Waals surface area contributed by atoms with Crippen molar-refractivity contribution in [1.29, 1.82) is 0 Å². The van der Waals surface area contributed by atoms with Crippen molar-refractivity contribution in [1.82, 2.24) is 30.4 Å². The molecule has 2 aromatic rings. The third-order valence-electron chi connectivity index (χ3n) is 5.03. The summed E-state index contributed by atoms with van der Waals surface area (Å²) < 4.78 is 1.49. The van der Waals surface area contributed by atoms with E-state index in [4.69, 9.17) is 11.6 Å².